The van der Waals surface area contributed by atoms with Gasteiger partial charge < -0.3 is 10.7 Å². The molecule has 0 unspecified atom stereocenters. The molecule has 0 saturated carbocycles. The zero-order valence-electron chi connectivity index (χ0n) is 7.56. The lowest BCUT2D eigenvalue weighted by Gasteiger charge is -2.08. The lowest BCUT2D eigenvalue weighted by molar-refractivity contribution is 0.408. The molecule has 1 rings (SSSR count). The molecule has 0 aromatic heterocycles. The second kappa shape index (κ2) is 4.42. The maximum absolute atomic E-state index is 10.2. The molecule has 1 aromatic carbocycles. The fraction of sp³-hybridized carbons (Fsp3) is 0.250. The van der Waals surface area contributed by atoms with Crippen LogP contribution in [0.15, 0.2) is 34.6 Å². The minimum Gasteiger partial charge on any atom is -0.761 e. The van der Waals surface area contributed by atoms with Gasteiger partial charge in [-0.05, 0) is 24.3 Å². The van der Waals surface area contributed by atoms with Crippen LogP contribution in [-0.2, 0) is 0 Å². The summed E-state index contributed by atoms with van der Waals surface area (Å²) in [5, 5.41) is 19.5. The van der Waals surface area contributed by atoms with E-state index in [1.54, 1.807) is 48.8 Å². The number of hydrogen-bond donors (Lipinski definition) is 1. The Labute approximate surface area is 76.6 Å². The van der Waals surface area contributed by atoms with Crippen molar-refractivity contribution in [2.75, 3.05) is 19.6 Å². The minimum atomic E-state index is 0.517. The highest BCUT2D eigenvalue weighted by molar-refractivity contribution is 5.50. The van der Waals surface area contributed by atoms with Crippen LogP contribution in [0.2, 0.25) is 0 Å². The zero-order valence-corrected chi connectivity index (χ0v) is 7.56. The smallest absolute Gasteiger partial charge is 0.0875 e. The molecular formula is C8H11N4O-. The molecule has 0 saturated heterocycles. The fourth-order valence-corrected chi connectivity index (χ4v) is 0.737. The summed E-state index contributed by atoms with van der Waals surface area (Å²) in [6.45, 7) is 0. The first-order valence-electron chi connectivity index (χ1n) is 3.79. The van der Waals surface area contributed by atoms with E-state index >= 15 is 0 Å². The third-order valence-electron chi connectivity index (χ3n) is 1.32. The first-order valence-corrected chi connectivity index (χ1v) is 3.79. The molecule has 0 spiro atoms. The van der Waals surface area contributed by atoms with Crippen LogP contribution in [0, 0.1) is 5.21 Å². The molecule has 0 heterocycles. The summed E-state index contributed by atoms with van der Waals surface area (Å²) in [4.78, 5) is 0. The van der Waals surface area contributed by atoms with Crippen LogP contribution < -0.4 is 5.48 Å². The number of nitrogens with one attached hydrogen (secondary N) is 1. The summed E-state index contributed by atoms with van der Waals surface area (Å²) in [6.07, 6.45) is 0. The van der Waals surface area contributed by atoms with Crippen LogP contribution in [0.1, 0.15) is 0 Å². The summed E-state index contributed by atoms with van der Waals surface area (Å²) in [6, 6.07) is 6.73. The summed E-state index contributed by atoms with van der Waals surface area (Å²) >= 11 is 0. The van der Waals surface area contributed by atoms with E-state index in [-0.39, 0.29) is 0 Å². The van der Waals surface area contributed by atoms with Gasteiger partial charge in [-0.2, -0.15) is 0 Å². The Morgan fingerprint density at radius 1 is 1.23 bits per heavy atom. The van der Waals surface area contributed by atoms with E-state index in [4.69, 9.17) is 0 Å². The molecule has 70 valence electrons. The van der Waals surface area contributed by atoms with Crippen molar-refractivity contribution in [3.8, 4) is 0 Å². The van der Waals surface area contributed by atoms with Crippen molar-refractivity contribution in [3.63, 3.8) is 0 Å². The zero-order chi connectivity index (χ0) is 9.68. The largest absolute Gasteiger partial charge is 0.761 e. The van der Waals surface area contributed by atoms with Crippen molar-refractivity contribution in [2.45, 2.75) is 0 Å². The Hall–Kier alpha value is -1.62. The van der Waals surface area contributed by atoms with Crippen LogP contribution in [0.5, 0.6) is 0 Å². The second-order valence-corrected chi connectivity index (χ2v) is 2.69. The quantitative estimate of drug-likeness (QED) is 0.571. The third kappa shape index (κ3) is 3.08. The maximum Gasteiger partial charge on any atom is 0.0875 e. The molecule has 5 nitrogen and oxygen atoms in total. The Balaban J connectivity index is 2.69. The number of anilines is 1. The highest BCUT2D eigenvalue weighted by Crippen LogP contribution is 2.16. The van der Waals surface area contributed by atoms with Crippen LogP contribution in [-0.4, -0.2) is 19.1 Å². The summed E-state index contributed by atoms with van der Waals surface area (Å²) < 4.78 is 0. The third-order valence-corrected chi connectivity index (χ3v) is 1.32. The molecule has 1 N–H and O–H groups in total. The molecule has 0 atom stereocenters. The minimum absolute atomic E-state index is 0.517. The number of nitrogens with zero attached hydrogens (tertiary/aromatic N) is 3. The Morgan fingerprint density at radius 2 is 1.85 bits per heavy atom. The summed E-state index contributed by atoms with van der Waals surface area (Å²) in [5.41, 5.74) is 3.02. The van der Waals surface area contributed by atoms with Crippen LogP contribution >= 0.6 is 0 Å². The van der Waals surface area contributed by atoms with Crippen LogP contribution in [0.4, 0.5) is 11.4 Å². The lowest BCUT2D eigenvalue weighted by Crippen LogP contribution is -1.98. The molecule has 0 amide bonds. The first-order chi connectivity index (χ1) is 6.22. The second-order valence-electron chi connectivity index (χ2n) is 2.69. The molecule has 0 aliphatic rings. The van der Waals surface area contributed by atoms with Gasteiger partial charge in [-0.25, -0.2) is 0 Å². The van der Waals surface area contributed by atoms with Gasteiger partial charge in [0.2, 0.25) is 0 Å². The average Bonchev–Trinajstić information content (AvgIpc) is 2.15. The maximum atomic E-state index is 10.2. The van der Waals surface area contributed by atoms with Gasteiger partial charge in [0, 0.05) is 19.8 Å². The van der Waals surface area contributed by atoms with Crippen molar-refractivity contribution in [1.82, 2.24) is 5.01 Å². The van der Waals surface area contributed by atoms with Crippen LogP contribution in [0.25, 0.3) is 0 Å². The van der Waals surface area contributed by atoms with Gasteiger partial charge >= 0.3 is 0 Å². The summed E-state index contributed by atoms with van der Waals surface area (Å²) in [5.74, 6) is 0. The van der Waals surface area contributed by atoms with Gasteiger partial charge in [0.1, 0.15) is 0 Å². The van der Waals surface area contributed by atoms with Gasteiger partial charge in [0.25, 0.3) is 0 Å². The Kier molecular flexibility index (Phi) is 3.22. The Morgan fingerprint density at radius 3 is 2.31 bits per heavy atom. The first kappa shape index (κ1) is 9.47. The molecule has 1 aromatic rings. The SMILES string of the molecule is CN(C)N=Nc1ccc(N[O-])cc1. The van der Waals surface area contributed by atoms with Gasteiger partial charge in [-0.15, -0.1) is 5.11 Å². The van der Waals surface area contributed by atoms with Crippen molar-refractivity contribution >= 4 is 11.4 Å². The average molecular weight is 179 g/mol. The highest BCUT2D eigenvalue weighted by Gasteiger charge is 1.88. The molecular weight excluding hydrogens is 168 g/mol. The monoisotopic (exact) mass is 179 g/mol. The molecule has 0 radical (unpaired) electrons. The topological polar surface area (TPSA) is 63.0 Å². The predicted molar refractivity (Wildman–Crippen MR) is 51.6 cm³/mol. The molecule has 5 heteroatoms. The van der Waals surface area contributed by atoms with E-state index in [1.165, 1.54) is 0 Å². The van der Waals surface area contributed by atoms with Gasteiger partial charge in [-0.1, -0.05) is 5.22 Å². The lowest BCUT2D eigenvalue weighted by atomic mass is 10.3. The highest BCUT2D eigenvalue weighted by atomic mass is 16.5. The standard InChI is InChI=1S/C8H11N4O/c1-12(2)11-9-7-3-5-8(10-13)6-4-7/h3-6,10H,1-2H3/q-1. The van der Waals surface area contributed by atoms with Crippen molar-refractivity contribution in [3.05, 3.63) is 29.5 Å². The Bertz CT molecular complexity index is 281. The van der Waals surface area contributed by atoms with Crippen molar-refractivity contribution < 1.29 is 0 Å². The van der Waals surface area contributed by atoms with E-state index in [2.05, 4.69) is 10.3 Å². The van der Waals surface area contributed by atoms with Crippen molar-refractivity contribution in [1.29, 1.82) is 0 Å². The number of hydrogen-bond acceptors (Lipinski definition) is 4. The van der Waals surface area contributed by atoms with Crippen LogP contribution in [0.3, 0.4) is 0 Å². The van der Waals surface area contributed by atoms with E-state index in [1.807, 2.05) is 0 Å². The van der Waals surface area contributed by atoms with E-state index < -0.39 is 0 Å². The fourth-order valence-electron chi connectivity index (χ4n) is 0.737. The molecule has 0 aliphatic carbocycles. The van der Waals surface area contributed by atoms with Gasteiger partial charge in [0.15, 0.2) is 0 Å². The van der Waals surface area contributed by atoms with Crippen molar-refractivity contribution in [2.24, 2.45) is 10.3 Å². The molecule has 13 heavy (non-hydrogen) atoms. The van der Waals surface area contributed by atoms with E-state index in [0.717, 1.165) is 0 Å². The molecule has 0 fully saturated rings. The molecule has 0 bridgehead atoms. The number of benzene rings is 1. The molecule has 0 aliphatic heterocycles. The van der Waals surface area contributed by atoms with Gasteiger partial charge in [-0.3, -0.25) is 5.01 Å². The van der Waals surface area contributed by atoms with E-state index in [9.17, 15) is 5.21 Å². The number of rotatable bonds is 3. The summed E-state index contributed by atoms with van der Waals surface area (Å²) in [7, 11) is 3.58. The van der Waals surface area contributed by atoms with E-state index in [0.29, 0.717) is 11.4 Å². The predicted octanol–water partition coefficient (Wildman–Crippen LogP) is 2.16. The normalized spacial score (nSPS) is 10.4. The van der Waals surface area contributed by atoms with Gasteiger partial charge in [0.05, 0.1) is 5.69 Å².